The molecule has 202 valence electrons. The maximum Gasteiger partial charge on any atom is 0.270 e. The number of fused-ring (bicyclic) bond motifs is 3. The monoisotopic (exact) mass is 539 g/mol. The number of benzene rings is 2. The summed E-state index contributed by atoms with van der Waals surface area (Å²) in [6.45, 7) is 3.60. The first-order chi connectivity index (χ1) is 19.3. The molecule has 3 heterocycles. The molecule has 0 radical (unpaired) electrons. The van der Waals surface area contributed by atoms with E-state index in [2.05, 4.69) is 31.1 Å². The van der Waals surface area contributed by atoms with Crippen LogP contribution in [0.15, 0.2) is 42.7 Å². The van der Waals surface area contributed by atoms with Crippen LogP contribution in [0, 0.1) is 6.92 Å². The Bertz CT molecular complexity index is 1730. The highest BCUT2D eigenvalue weighted by Gasteiger charge is 2.28. The van der Waals surface area contributed by atoms with Gasteiger partial charge in [-0.05, 0) is 67.1 Å². The fourth-order valence-corrected chi connectivity index (χ4v) is 5.26. The summed E-state index contributed by atoms with van der Waals surface area (Å²) in [6, 6.07) is 10.1. The maximum atomic E-state index is 13.5. The van der Waals surface area contributed by atoms with Gasteiger partial charge in [-0.3, -0.25) is 23.6 Å². The Balaban J connectivity index is 1.21. The van der Waals surface area contributed by atoms with Crippen LogP contribution in [-0.2, 0) is 17.8 Å². The van der Waals surface area contributed by atoms with Gasteiger partial charge in [-0.1, -0.05) is 18.2 Å². The molecule has 3 amide bonds. The number of hydrogen-bond acceptors (Lipinski definition) is 8. The third-order valence-corrected chi connectivity index (χ3v) is 7.26. The second kappa shape index (κ2) is 9.88. The Kier molecular flexibility index (Phi) is 6.21. The molecule has 4 aromatic rings. The number of carbonyl (C=O) groups is 4. The molecule has 12 nitrogen and oxygen atoms in total. The Morgan fingerprint density at radius 3 is 2.83 bits per heavy atom. The number of nitrogens with zero attached hydrogens (tertiary/aromatic N) is 4. The van der Waals surface area contributed by atoms with Gasteiger partial charge in [0.15, 0.2) is 12.4 Å². The zero-order valence-corrected chi connectivity index (χ0v) is 21.8. The van der Waals surface area contributed by atoms with E-state index in [1.54, 1.807) is 31.2 Å². The molecule has 1 aliphatic carbocycles. The average Bonchev–Trinajstić information content (AvgIpc) is 3.58. The zero-order chi connectivity index (χ0) is 28.0. The van der Waals surface area contributed by atoms with E-state index in [0.29, 0.717) is 23.4 Å². The van der Waals surface area contributed by atoms with Crippen molar-refractivity contribution < 1.29 is 23.9 Å². The second-order valence-corrected chi connectivity index (χ2v) is 9.80. The summed E-state index contributed by atoms with van der Waals surface area (Å²) in [5.41, 5.74) is 5.14. The molecule has 6 rings (SSSR count). The van der Waals surface area contributed by atoms with Crippen LogP contribution in [0.2, 0.25) is 0 Å². The minimum absolute atomic E-state index is 0.00835. The van der Waals surface area contributed by atoms with Crippen LogP contribution < -0.4 is 20.7 Å². The van der Waals surface area contributed by atoms with E-state index in [0.717, 1.165) is 28.7 Å². The van der Waals surface area contributed by atoms with Gasteiger partial charge in [-0.25, -0.2) is 4.98 Å². The molecule has 0 spiro atoms. The quantitative estimate of drug-likeness (QED) is 0.315. The minimum Gasteiger partial charge on any atom is -0.482 e. The standard InChI is InChI=1S/C28H25N7O5/c1-14-17(15(2)36)4-5-19-18(14)6-7-20(19)32-27(39)23-10-22(33-28-34-30-13-35(23)28)26(38)29-11-16-3-8-24-21(9-16)31-25(37)12-40-24/h3-5,8-10,13,20H,6-7,11-12H2,1-2H3,(H,29,38)(H,31,37)(H,32,39)/t20-/m0/s1. The number of Topliss-reactive ketones (excluding diaryl/α,β-unsaturated/α-hetero) is 1. The van der Waals surface area contributed by atoms with E-state index < -0.39 is 11.8 Å². The van der Waals surface area contributed by atoms with Crippen molar-refractivity contribution in [2.45, 2.75) is 39.3 Å². The molecule has 1 atom stereocenters. The highest BCUT2D eigenvalue weighted by atomic mass is 16.5. The molecular weight excluding hydrogens is 514 g/mol. The Morgan fingerprint density at radius 1 is 1.15 bits per heavy atom. The molecule has 0 saturated heterocycles. The molecule has 2 aliphatic rings. The van der Waals surface area contributed by atoms with Crippen molar-refractivity contribution in [2.75, 3.05) is 11.9 Å². The number of nitrogens with one attached hydrogen (secondary N) is 3. The van der Waals surface area contributed by atoms with Gasteiger partial charge in [0.05, 0.1) is 11.7 Å². The van der Waals surface area contributed by atoms with Gasteiger partial charge in [-0.15, -0.1) is 10.2 Å². The molecule has 12 heteroatoms. The molecule has 0 unspecified atom stereocenters. The Labute approximate surface area is 228 Å². The SMILES string of the molecule is CC(=O)c1ccc2c(c1C)CC[C@@H]2NC(=O)c1cc(C(=O)NCc2ccc3c(c2)NC(=O)CO3)nc2nncn12. The van der Waals surface area contributed by atoms with Gasteiger partial charge in [0.1, 0.15) is 23.5 Å². The van der Waals surface area contributed by atoms with E-state index in [9.17, 15) is 19.2 Å². The van der Waals surface area contributed by atoms with Crippen LogP contribution in [0.5, 0.6) is 5.75 Å². The first-order valence-electron chi connectivity index (χ1n) is 12.8. The summed E-state index contributed by atoms with van der Waals surface area (Å²) in [6.07, 6.45) is 2.81. The molecule has 2 aromatic carbocycles. The van der Waals surface area contributed by atoms with Crippen molar-refractivity contribution in [2.24, 2.45) is 0 Å². The Morgan fingerprint density at radius 2 is 2.00 bits per heavy atom. The summed E-state index contributed by atoms with van der Waals surface area (Å²) >= 11 is 0. The number of anilines is 1. The highest BCUT2D eigenvalue weighted by Crippen LogP contribution is 2.35. The van der Waals surface area contributed by atoms with Crippen molar-refractivity contribution in [3.63, 3.8) is 0 Å². The third kappa shape index (κ3) is 4.53. The number of amides is 3. The van der Waals surface area contributed by atoms with E-state index in [4.69, 9.17) is 4.74 Å². The smallest absolute Gasteiger partial charge is 0.270 e. The van der Waals surface area contributed by atoms with Gasteiger partial charge in [0, 0.05) is 12.1 Å². The fraction of sp³-hybridized carbons (Fsp3) is 0.250. The summed E-state index contributed by atoms with van der Waals surface area (Å²) in [5, 5.41) is 16.4. The lowest BCUT2D eigenvalue weighted by molar-refractivity contribution is -0.118. The molecule has 0 saturated carbocycles. The van der Waals surface area contributed by atoms with Crippen LogP contribution in [0.1, 0.15) is 73.0 Å². The molecule has 0 bridgehead atoms. The number of carbonyl (C=O) groups excluding carboxylic acids is 4. The maximum absolute atomic E-state index is 13.5. The molecule has 2 aromatic heterocycles. The topological polar surface area (TPSA) is 157 Å². The summed E-state index contributed by atoms with van der Waals surface area (Å²) in [5.74, 6) is -0.474. The molecule has 0 fully saturated rings. The summed E-state index contributed by atoms with van der Waals surface area (Å²) < 4.78 is 6.79. The Hall–Kier alpha value is -5.13. The summed E-state index contributed by atoms with van der Waals surface area (Å²) in [4.78, 5) is 54.3. The van der Waals surface area contributed by atoms with Crippen molar-refractivity contribution in [1.29, 1.82) is 0 Å². The summed E-state index contributed by atoms with van der Waals surface area (Å²) in [7, 11) is 0. The molecular formula is C28H25N7O5. The predicted molar refractivity (Wildman–Crippen MR) is 142 cm³/mol. The largest absolute Gasteiger partial charge is 0.482 e. The van der Waals surface area contributed by atoms with Gasteiger partial charge >= 0.3 is 0 Å². The fourth-order valence-electron chi connectivity index (χ4n) is 5.26. The lowest BCUT2D eigenvalue weighted by Gasteiger charge is -2.18. The van der Waals surface area contributed by atoms with Crippen molar-refractivity contribution in [1.82, 2.24) is 30.2 Å². The van der Waals surface area contributed by atoms with E-state index in [1.165, 1.54) is 16.8 Å². The number of ketones is 1. The van der Waals surface area contributed by atoms with Crippen molar-refractivity contribution in [3.05, 3.63) is 81.9 Å². The van der Waals surface area contributed by atoms with E-state index >= 15 is 0 Å². The van der Waals surface area contributed by atoms with Crippen LogP contribution in [-0.4, -0.2) is 49.7 Å². The number of aromatic nitrogens is 4. The highest BCUT2D eigenvalue weighted by molar-refractivity contribution is 5.99. The lowest BCUT2D eigenvalue weighted by Crippen LogP contribution is -2.30. The normalized spacial score (nSPS) is 15.6. The minimum atomic E-state index is -0.504. The molecule has 1 aliphatic heterocycles. The number of hydrogen-bond donors (Lipinski definition) is 3. The molecule has 40 heavy (non-hydrogen) atoms. The third-order valence-electron chi connectivity index (χ3n) is 7.26. The van der Waals surface area contributed by atoms with Gasteiger partial charge in [0.25, 0.3) is 23.5 Å². The van der Waals surface area contributed by atoms with E-state index in [-0.39, 0.29) is 48.0 Å². The van der Waals surface area contributed by atoms with Gasteiger partial charge in [0.2, 0.25) is 0 Å². The van der Waals surface area contributed by atoms with Crippen LogP contribution in [0.25, 0.3) is 5.78 Å². The van der Waals surface area contributed by atoms with Crippen LogP contribution >= 0.6 is 0 Å². The van der Waals surface area contributed by atoms with Crippen LogP contribution in [0.3, 0.4) is 0 Å². The predicted octanol–water partition coefficient (Wildman–Crippen LogP) is 2.31. The second-order valence-electron chi connectivity index (χ2n) is 9.80. The number of ether oxygens (including phenoxy) is 1. The van der Waals surface area contributed by atoms with Gasteiger partial charge in [-0.2, -0.15) is 0 Å². The van der Waals surface area contributed by atoms with Crippen LogP contribution in [0.4, 0.5) is 5.69 Å². The first-order valence-corrected chi connectivity index (χ1v) is 12.8. The number of rotatable bonds is 6. The van der Waals surface area contributed by atoms with Crippen molar-refractivity contribution >= 4 is 35.0 Å². The molecule has 3 N–H and O–H groups in total. The van der Waals surface area contributed by atoms with Gasteiger partial charge < -0.3 is 20.7 Å². The lowest BCUT2D eigenvalue weighted by atomic mass is 9.96. The van der Waals surface area contributed by atoms with Crippen molar-refractivity contribution in [3.8, 4) is 5.75 Å². The van der Waals surface area contributed by atoms with E-state index in [1.807, 2.05) is 13.0 Å². The average molecular weight is 540 g/mol. The zero-order valence-electron chi connectivity index (χ0n) is 21.8. The first kappa shape index (κ1) is 25.2.